The Kier molecular flexibility index (Phi) is 5.57. The number of carbonyl (C=O) groups excluding carboxylic acids is 1. The molecule has 1 amide bonds. The lowest BCUT2D eigenvalue weighted by atomic mass is 10.2. The minimum absolute atomic E-state index is 0.102. The van der Waals surface area contributed by atoms with Crippen LogP contribution in [-0.2, 0) is 4.79 Å². The molecule has 1 aliphatic rings. The number of nitrogens with one attached hydrogen (secondary N) is 1. The van der Waals surface area contributed by atoms with Crippen LogP contribution >= 0.6 is 23.1 Å². The van der Waals surface area contributed by atoms with E-state index in [0.29, 0.717) is 11.0 Å². The number of anilines is 1. The number of aromatic nitrogens is 4. The fourth-order valence-electron chi connectivity index (χ4n) is 3.27. The summed E-state index contributed by atoms with van der Waals surface area (Å²) >= 11 is 2.84. The molecule has 1 unspecified atom stereocenters. The fourth-order valence-corrected chi connectivity index (χ4v) is 4.87. The summed E-state index contributed by atoms with van der Waals surface area (Å²) in [5.74, 6) is 1.33. The van der Waals surface area contributed by atoms with E-state index < -0.39 is 0 Å². The zero-order valence-corrected chi connectivity index (χ0v) is 18.6. The van der Waals surface area contributed by atoms with Crippen LogP contribution in [0, 0.1) is 0 Å². The van der Waals surface area contributed by atoms with E-state index in [-0.39, 0.29) is 11.2 Å². The van der Waals surface area contributed by atoms with Crippen LogP contribution in [0.15, 0.2) is 71.2 Å². The van der Waals surface area contributed by atoms with Gasteiger partial charge in [0.05, 0.1) is 10.9 Å². The van der Waals surface area contributed by atoms with Gasteiger partial charge in [0.15, 0.2) is 10.3 Å². The van der Waals surface area contributed by atoms with Gasteiger partial charge in [0.25, 0.3) is 0 Å². The first-order valence-electron chi connectivity index (χ1n) is 10.2. The Morgan fingerprint density at radius 2 is 1.81 bits per heavy atom. The number of thiazole rings is 1. The molecule has 156 valence electrons. The molecule has 1 N–H and O–H groups in total. The quantitative estimate of drug-likeness (QED) is 0.385. The maximum atomic E-state index is 12.8. The third-order valence-corrected chi connectivity index (χ3v) is 6.87. The van der Waals surface area contributed by atoms with Crippen molar-refractivity contribution >= 4 is 34.1 Å². The topological polar surface area (TPSA) is 72.7 Å². The Morgan fingerprint density at radius 3 is 2.52 bits per heavy atom. The van der Waals surface area contributed by atoms with E-state index >= 15 is 0 Å². The van der Waals surface area contributed by atoms with Crippen LogP contribution in [-0.4, -0.2) is 30.9 Å². The van der Waals surface area contributed by atoms with Gasteiger partial charge in [0.2, 0.25) is 5.91 Å². The number of rotatable bonds is 7. The van der Waals surface area contributed by atoms with Crippen LogP contribution in [0.4, 0.5) is 5.13 Å². The molecule has 4 aromatic rings. The molecule has 0 saturated heterocycles. The predicted molar refractivity (Wildman–Crippen MR) is 125 cm³/mol. The lowest BCUT2D eigenvalue weighted by Gasteiger charge is -2.13. The second-order valence-electron chi connectivity index (χ2n) is 7.44. The van der Waals surface area contributed by atoms with Crippen molar-refractivity contribution in [2.45, 2.75) is 36.1 Å². The van der Waals surface area contributed by atoms with Crippen LogP contribution in [0.3, 0.4) is 0 Å². The van der Waals surface area contributed by atoms with Gasteiger partial charge in [-0.2, -0.15) is 0 Å². The van der Waals surface area contributed by atoms with E-state index in [0.717, 1.165) is 40.8 Å². The minimum Gasteiger partial charge on any atom is -0.301 e. The number of carbonyl (C=O) groups is 1. The lowest BCUT2D eigenvalue weighted by molar-refractivity contribution is -0.115. The maximum Gasteiger partial charge on any atom is 0.239 e. The highest BCUT2D eigenvalue weighted by atomic mass is 32.2. The Balaban J connectivity index is 1.31. The summed E-state index contributed by atoms with van der Waals surface area (Å²) in [5.41, 5.74) is 2.92. The largest absolute Gasteiger partial charge is 0.301 e. The van der Waals surface area contributed by atoms with Gasteiger partial charge >= 0.3 is 0 Å². The van der Waals surface area contributed by atoms with Crippen molar-refractivity contribution < 1.29 is 4.79 Å². The molecule has 2 heterocycles. The molecular weight excluding hydrogens is 426 g/mol. The average Bonchev–Trinajstić information content (AvgIpc) is 3.40. The predicted octanol–water partition coefficient (Wildman–Crippen LogP) is 5.39. The smallest absolute Gasteiger partial charge is 0.239 e. The molecule has 2 aromatic carbocycles. The average molecular weight is 448 g/mol. The molecule has 1 atom stereocenters. The van der Waals surface area contributed by atoms with Crippen molar-refractivity contribution in [3.05, 3.63) is 71.9 Å². The Hall–Kier alpha value is -2.97. The molecule has 0 aliphatic heterocycles. The molecule has 1 fully saturated rings. The summed E-state index contributed by atoms with van der Waals surface area (Å²) < 4.78 is 2.09. The zero-order chi connectivity index (χ0) is 21.2. The van der Waals surface area contributed by atoms with Crippen LogP contribution in [0.25, 0.3) is 16.9 Å². The van der Waals surface area contributed by atoms with Crippen LogP contribution in [0.5, 0.6) is 0 Å². The van der Waals surface area contributed by atoms with Crippen LogP contribution < -0.4 is 5.32 Å². The van der Waals surface area contributed by atoms with Crippen LogP contribution in [0.1, 0.15) is 31.5 Å². The number of para-hydroxylation sites is 1. The van der Waals surface area contributed by atoms with Crippen LogP contribution in [0.2, 0.25) is 0 Å². The van der Waals surface area contributed by atoms with Crippen molar-refractivity contribution in [1.29, 1.82) is 0 Å². The molecule has 0 radical (unpaired) electrons. The third-order valence-electron chi connectivity index (χ3n) is 5.07. The highest BCUT2D eigenvalue weighted by Gasteiger charge is 2.32. The van der Waals surface area contributed by atoms with Gasteiger partial charge in [0.1, 0.15) is 5.82 Å². The third kappa shape index (κ3) is 4.40. The van der Waals surface area contributed by atoms with Crippen molar-refractivity contribution in [2.75, 3.05) is 5.32 Å². The van der Waals surface area contributed by atoms with E-state index in [1.165, 1.54) is 23.1 Å². The number of benzene rings is 2. The van der Waals surface area contributed by atoms with Gasteiger partial charge in [-0.15, -0.1) is 21.5 Å². The molecule has 6 nitrogen and oxygen atoms in total. The second-order valence-corrected chi connectivity index (χ2v) is 9.61. The fraction of sp³-hybridized carbons (Fsp3) is 0.217. The summed E-state index contributed by atoms with van der Waals surface area (Å²) in [6, 6.07) is 20.0. The standard InChI is InChI=1S/C23H21N5OS2/c1-15(21(29)25-22-24-19(14-30-22)16-8-4-2-5-9-16)31-23-27-26-20(17-12-13-17)28(23)18-10-6-3-7-11-18/h2-11,14-15,17H,12-13H2,1H3,(H,24,25,29). The first kappa shape index (κ1) is 20.0. The molecule has 8 heteroatoms. The number of thioether (sulfide) groups is 1. The van der Waals surface area contributed by atoms with Gasteiger partial charge in [-0.3, -0.25) is 9.36 Å². The Bertz CT molecular complexity index is 1190. The van der Waals surface area contributed by atoms with Crippen molar-refractivity contribution in [3.63, 3.8) is 0 Å². The summed E-state index contributed by atoms with van der Waals surface area (Å²) in [6.07, 6.45) is 2.28. The molecule has 0 spiro atoms. The lowest BCUT2D eigenvalue weighted by Crippen LogP contribution is -2.22. The van der Waals surface area contributed by atoms with Gasteiger partial charge < -0.3 is 5.32 Å². The van der Waals surface area contributed by atoms with E-state index in [9.17, 15) is 4.79 Å². The molecule has 2 aromatic heterocycles. The molecule has 1 saturated carbocycles. The first-order valence-corrected chi connectivity index (χ1v) is 11.9. The first-order chi connectivity index (χ1) is 15.2. The van der Waals surface area contributed by atoms with E-state index in [2.05, 4.69) is 25.1 Å². The maximum absolute atomic E-state index is 12.8. The summed E-state index contributed by atoms with van der Waals surface area (Å²) in [5, 5.41) is 14.7. The van der Waals surface area contributed by atoms with Gasteiger partial charge in [-0.05, 0) is 31.9 Å². The number of nitrogens with zero attached hydrogens (tertiary/aromatic N) is 4. The second kappa shape index (κ2) is 8.64. The van der Waals surface area contributed by atoms with E-state index in [4.69, 9.17) is 0 Å². The summed E-state index contributed by atoms with van der Waals surface area (Å²) in [4.78, 5) is 17.4. The van der Waals surface area contributed by atoms with Gasteiger partial charge in [-0.25, -0.2) is 4.98 Å². The molecular formula is C23H21N5OS2. The summed E-state index contributed by atoms with van der Waals surface area (Å²) in [7, 11) is 0. The minimum atomic E-state index is -0.345. The number of amides is 1. The van der Waals surface area contributed by atoms with Crippen molar-refractivity contribution in [2.24, 2.45) is 0 Å². The summed E-state index contributed by atoms with van der Waals surface area (Å²) in [6.45, 7) is 1.88. The molecule has 0 bridgehead atoms. The Labute approximate surface area is 188 Å². The number of hydrogen-bond donors (Lipinski definition) is 1. The normalized spacial score (nSPS) is 14.4. The molecule has 5 rings (SSSR count). The van der Waals surface area contributed by atoms with Crippen molar-refractivity contribution in [3.8, 4) is 16.9 Å². The number of hydrogen-bond acceptors (Lipinski definition) is 6. The van der Waals surface area contributed by atoms with E-state index in [1.54, 1.807) is 0 Å². The SMILES string of the molecule is CC(Sc1nnc(C2CC2)n1-c1ccccc1)C(=O)Nc1nc(-c2ccccc2)cs1. The van der Waals surface area contributed by atoms with E-state index in [1.807, 2.05) is 73.0 Å². The van der Waals surface area contributed by atoms with Gasteiger partial charge in [-0.1, -0.05) is 60.3 Å². The Morgan fingerprint density at radius 1 is 1.10 bits per heavy atom. The zero-order valence-electron chi connectivity index (χ0n) is 16.9. The highest BCUT2D eigenvalue weighted by molar-refractivity contribution is 8.00. The molecule has 31 heavy (non-hydrogen) atoms. The molecule has 1 aliphatic carbocycles. The van der Waals surface area contributed by atoms with Crippen molar-refractivity contribution in [1.82, 2.24) is 19.7 Å². The highest BCUT2D eigenvalue weighted by Crippen LogP contribution is 2.41. The van der Waals surface area contributed by atoms with Gasteiger partial charge in [0, 0.05) is 22.5 Å². The monoisotopic (exact) mass is 447 g/mol.